The quantitative estimate of drug-likeness (QED) is 0.732. The average molecular weight is 226 g/mol. The summed E-state index contributed by atoms with van der Waals surface area (Å²) in [5.74, 6) is -0.542. The van der Waals surface area contributed by atoms with Crippen LogP contribution in [0.15, 0.2) is 16.5 Å². The number of methoxy groups -OCH3 is 1. The van der Waals surface area contributed by atoms with E-state index in [9.17, 15) is 9.59 Å². The summed E-state index contributed by atoms with van der Waals surface area (Å²) in [6, 6.07) is 3.05. The van der Waals surface area contributed by atoms with E-state index in [1.54, 1.807) is 19.9 Å². The van der Waals surface area contributed by atoms with Gasteiger partial charge in [-0.3, -0.25) is 4.79 Å². The van der Waals surface area contributed by atoms with Gasteiger partial charge in [-0.1, -0.05) is 13.8 Å². The standard InChI is InChI=1S/C11H14O5/c1-7(2)10(12)15-6-8-4-5-9(16-8)11(13)14-3/h4-5,7H,6H2,1-3H3. The van der Waals surface area contributed by atoms with Crippen molar-refractivity contribution in [3.63, 3.8) is 0 Å². The highest BCUT2D eigenvalue weighted by Crippen LogP contribution is 2.11. The fourth-order valence-electron chi connectivity index (χ4n) is 0.975. The van der Waals surface area contributed by atoms with E-state index >= 15 is 0 Å². The maximum atomic E-state index is 11.2. The SMILES string of the molecule is COC(=O)c1ccc(COC(=O)C(C)C)o1. The fourth-order valence-corrected chi connectivity index (χ4v) is 0.975. The van der Waals surface area contributed by atoms with Crippen LogP contribution in [0.5, 0.6) is 0 Å². The summed E-state index contributed by atoms with van der Waals surface area (Å²) in [5, 5.41) is 0. The molecule has 5 heteroatoms. The molecule has 0 atom stereocenters. The van der Waals surface area contributed by atoms with Crippen LogP contribution in [0.25, 0.3) is 0 Å². The molecule has 0 aromatic carbocycles. The molecule has 88 valence electrons. The van der Waals surface area contributed by atoms with Crippen molar-refractivity contribution in [1.82, 2.24) is 0 Å². The van der Waals surface area contributed by atoms with E-state index in [0.29, 0.717) is 5.76 Å². The molecule has 1 rings (SSSR count). The van der Waals surface area contributed by atoms with Gasteiger partial charge in [0.2, 0.25) is 5.76 Å². The molecule has 0 spiro atoms. The van der Waals surface area contributed by atoms with E-state index in [0.717, 1.165) is 0 Å². The second kappa shape index (κ2) is 5.34. The summed E-state index contributed by atoms with van der Waals surface area (Å²) in [6.07, 6.45) is 0. The third-order valence-corrected chi connectivity index (χ3v) is 1.88. The van der Waals surface area contributed by atoms with Gasteiger partial charge < -0.3 is 13.9 Å². The molecule has 1 heterocycles. The highest BCUT2D eigenvalue weighted by Gasteiger charge is 2.13. The molecule has 0 saturated heterocycles. The average Bonchev–Trinajstić information content (AvgIpc) is 2.73. The number of esters is 2. The van der Waals surface area contributed by atoms with Gasteiger partial charge in [-0.2, -0.15) is 0 Å². The molecular weight excluding hydrogens is 212 g/mol. The lowest BCUT2D eigenvalue weighted by atomic mass is 10.2. The Morgan fingerprint density at radius 1 is 1.38 bits per heavy atom. The van der Waals surface area contributed by atoms with Crippen LogP contribution in [0.3, 0.4) is 0 Å². The summed E-state index contributed by atoms with van der Waals surface area (Å²) in [5.41, 5.74) is 0. The zero-order valence-corrected chi connectivity index (χ0v) is 9.48. The third kappa shape index (κ3) is 3.12. The van der Waals surface area contributed by atoms with Gasteiger partial charge in [0.05, 0.1) is 13.0 Å². The lowest BCUT2D eigenvalue weighted by Crippen LogP contribution is -2.11. The number of furan rings is 1. The zero-order chi connectivity index (χ0) is 12.1. The number of hydrogen-bond acceptors (Lipinski definition) is 5. The van der Waals surface area contributed by atoms with Gasteiger partial charge in [0.15, 0.2) is 0 Å². The Bertz CT molecular complexity index is 377. The smallest absolute Gasteiger partial charge is 0.373 e. The van der Waals surface area contributed by atoms with Crippen LogP contribution in [-0.2, 0) is 20.9 Å². The monoisotopic (exact) mass is 226 g/mol. The maximum absolute atomic E-state index is 11.2. The van der Waals surface area contributed by atoms with Crippen molar-refractivity contribution in [1.29, 1.82) is 0 Å². The molecule has 16 heavy (non-hydrogen) atoms. The van der Waals surface area contributed by atoms with Crippen LogP contribution >= 0.6 is 0 Å². The van der Waals surface area contributed by atoms with Crippen molar-refractivity contribution in [3.8, 4) is 0 Å². The Hall–Kier alpha value is -1.78. The highest BCUT2D eigenvalue weighted by atomic mass is 16.6. The van der Waals surface area contributed by atoms with Crippen molar-refractivity contribution in [2.24, 2.45) is 5.92 Å². The molecular formula is C11H14O5. The molecule has 0 aliphatic rings. The van der Waals surface area contributed by atoms with Crippen molar-refractivity contribution in [3.05, 3.63) is 23.7 Å². The molecule has 0 fully saturated rings. The number of carbonyl (C=O) groups is 2. The van der Waals surface area contributed by atoms with E-state index in [1.807, 2.05) is 0 Å². The summed E-state index contributed by atoms with van der Waals surface area (Å²) in [7, 11) is 1.27. The van der Waals surface area contributed by atoms with E-state index in [1.165, 1.54) is 13.2 Å². The molecule has 0 bridgehead atoms. The van der Waals surface area contributed by atoms with Gasteiger partial charge in [-0.05, 0) is 12.1 Å². The molecule has 0 saturated carbocycles. The first-order chi connectivity index (χ1) is 7.54. The normalized spacial score (nSPS) is 10.2. The molecule has 5 nitrogen and oxygen atoms in total. The first-order valence-electron chi connectivity index (χ1n) is 4.88. The number of carbonyl (C=O) groups excluding carboxylic acids is 2. The summed E-state index contributed by atoms with van der Waals surface area (Å²) >= 11 is 0. The van der Waals surface area contributed by atoms with E-state index in [2.05, 4.69) is 4.74 Å². The maximum Gasteiger partial charge on any atom is 0.373 e. The van der Waals surface area contributed by atoms with Gasteiger partial charge in [0.25, 0.3) is 0 Å². The topological polar surface area (TPSA) is 65.7 Å². The van der Waals surface area contributed by atoms with Gasteiger partial charge in [0, 0.05) is 0 Å². The Kier molecular flexibility index (Phi) is 4.10. The minimum atomic E-state index is -0.554. The Morgan fingerprint density at radius 3 is 2.62 bits per heavy atom. The van der Waals surface area contributed by atoms with Crippen LogP contribution in [-0.4, -0.2) is 19.0 Å². The van der Waals surface area contributed by atoms with Crippen LogP contribution in [0.1, 0.15) is 30.2 Å². The predicted molar refractivity (Wildman–Crippen MR) is 54.7 cm³/mol. The first kappa shape index (κ1) is 12.3. The molecule has 0 amide bonds. The highest BCUT2D eigenvalue weighted by molar-refractivity contribution is 5.86. The van der Waals surface area contributed by atoms with Crippen molar-refractivity contribution < 1.29 is 23.5 Å². The van der Waals surface area contributed by atoms with Crippen LogP contribution in [0.2, 0.25) is 0 Å². The molecule has 0 aliphatic heterocycles. The van der Waals surface area contributed by atoms with E-state index < -0.39 is 5.97 Å². The van der Waals surface area contributed by atoms with Crippen molar-refractivity contribution in [2.75, 3.05) is 7.11 Å². The van der Waals surface area contributed by atoms with Crippen LogP contribution in [0.4, 0.5) is 0 Å². The second-order valence-electron chi connectivity index (χ2n) is 3.52. The van der Waals surface area contributed by atoms with Gasteiger partial charge in [-0.15, -0.1) is 0 Å². The third-order valence-electron chi connectivity index (χ3n) is 1.88. The number of rotatable bonds is 4. The number of ether oxygens (including phenoxy) is 2. The van der Waals surface area contributed by atoms with Crippen LogP contribution < -0.4 is 0 Å². The molecule has 1 aromatic heterocycles. The molecule has 0 radical (unpaired) electrons. The Morgan fingerprint density at radius 2 is 2.06 bits per heavy atom. The first-order valence-corrected chi connectivity index (χ1v) is 4.88. The van der Waals surface area contributed by atoms with Crippen LogP contribution in [0, 0.1) is 5.92 Å². The molecule has 1 aromatic rings. The lowest BCUT2D eigenvalue weighted by Gasteiger charge is -2.04. The largest absolute Gasteiger partial charge is 0.463 e. The summed E-state index contributed by atoms with van der Waals surface area (Å²) < 4.78 is 14.5. The molecule has 0 aliphatic carbocycles. The summed E-state index contributed by atoms with van der Waals surface area (Å²) in [6.45, 7) is 3.50. The van der Waals surface area contributed by atoms with Crippen molar-refractivity contribution >= 4 is 11.9 Å². The van der Waals surface area contributed by atoms with E-state index in [4.69, 9.17) is 9.15 Å². The Labute approximate surface area is 93.3 Å². The fraction of sp³-hybridized carbons (Fsp3) is 0.455. The van der Waals surface area contributed by atoms with Gasteiger partial charge >= 0.3 is 11.9 Å². The van der Waals surface area contributed by atoms with Crippen molar-refractivity contribution in [2.45, 2.75) is 20.5 Å². The molecule has 0 N–H and O–H groups in total. The van der Waals surface area contributed by atoms with Gasteiger partial charge in [-0.25, -0.2) is 4.79 Å². The minimum absolute atomic E-state index is 0.0218. The van der Waals surface area contributed by atoms with E-state index in [-0.39, 0.29) is 24.3 Å². The predicted octanol–water partition coefficient (Wildman–Crippen LogP) is 1.77. The van der Waals surface area contributed by atoms with Gasteiger partial charge in [0.1, 0.15) is 12.4 Å². The Balaban J connectivity index is 2.53. The number of hydrogen-bond donors (Lipinski definition) is 0. The second-order valence-corrected chi connectivity index (χ2v) is 3.52. The minimum Gasteiger partial charge on any atom is -0.463 e. The zero-order valence-electron chi connectivity index (χ0n) is 9.48. The lowest BCUT2D eigenvalue weighted by molar-refractivity contribution is -0.149. The summed E-state index contributed by atoms with van der Waals surface area (Å²) in [4.78, 5) is 22.2. The molecule has 0 unspecified atom stereocenters.